The third kappa shape index (κ3) is 4.86. The highest BCUT2D eigenvalue weighted by molar-refractivity contribution is 5.96. The molecule has 0 bridgehead atoms. The van der Waals surface area contributed by atoms with Gasteiger partial charge >= 0.3 is 11.8 Å². The van der Waals surface area contributed by atoms with Crippen molar-refractivity contribution in [3.8, 4) is 5.88 Å². The number of rotatable bonds is 6. The van der Waals surface area contributed by atoms with E-state index in [1.165, 1.54) is 0 Å². The van der Waals surface area contributed by atoms with E-state index in [0.29, 0.717) is 28.2 Å². The van der Waals surface area contributed by atoms with Gasteiger partial charge in [-0.3, -0.25) is 15.3 Å². The van der Waals surface area contributed by atoms with E-state index in [9.17, 15) is 9.59 Å². The zero-order valence-corrected chi connectivity index (χ0v) is 18.7. The summed E-state index contributed by atoms with van der Waals surface area (Å²) < 4.78 is 15.9. The summed E-state index contributed by atoms with van der Waals surface area (Å²) in [7, 11) is 1.54. The number of nitrogens with zero attached hydrogens (tertiary/aromatic N) is 3. The van der Waals surface area contributed by atoms with E-state index < -0.39 is 11.8 Å². The molecule has 1 aliphatic heterocycles. The van der Waals surface area contributed by atoms with E-state index in [-0.39, 0.29) is 6.10 Å². The predicted molar refractivity (Wildman–Crippen MR) is 126 cm³/mol. The lowest BCUT2D eigenvalue weighted by Gasteiger charge is -2.31. The number of ether oxygens (including phenoxy) is 2. The van der Waals surface area contributed by atoms with Crippen molar-refractivity contribution < 1.29 is 18.7 Å². The van der Waals surface area contributed by atoms with Crippen LogP contribution in [-0.2, 0) is 11.2 Å². The highest BCUT2D eigenvalue weighted by Gasteiger charge is 2.22. The van der Waals surface area contributed by atoms with Crippen LogP contribution in [0.1, 0.15) is 18.4 Å². The molecule has 1 aliphatic rings. The normalized spacial score (nSPS) is 15.0. The summed E-state index contributed by atoms with van der Waals surface area (Å²) in [6.45, 7) is 2.59. The molecule has 176 valence electrons. The maximum Gasteiger partial charge on any atom is 0.417 e. The third-order valence-corrected chi connectivity index (χ3v) is 6.01. The Morgan fingerprint density at radius 2 is 2.09 bits per heavy atom. The maximum atomic E-state index is 12.5. The average molecular weight is 463 g/mol. The fourth-order valence-electron chi connectivity index (χ4n) is 4.21. The Morgan fingerprint density at radius 3 is 2.91 bits per heavy atom. The van der Waals surface area contributed by atoms with Crippen LogP contribution in [0.15, 0.2) is 51.8 Å². The number of fused-ring (bicyclic) bond motifs is 2. The SMILES string of the molecule is COc1ccc2nccc(NC(=O)OC3CCN(CCc4ccc5oc(=O)[nH]c5c4)CC3)c2n1. The van der Waals surface area contributed by atoms with E-state index in [4.69, 9.17) is 13.9 Å². The van der Waals surface area contributed by atoms with Crippen molar-refractivity contribution in [2.75, 3.05) is 32.1 Å². The van der Waals surface area contributed by atoms with Crippen molar-refractivity contribution in [2.24, 2.45) is 0 Å². The van der Waals surface area contributed by atoms with Crippen molar-refractivity contribution >= 4 is 33.9 Å². The van der Waals surface area contributed by atoms with Crippen molar-refractivity contribution in [2.45, 2.75) is 25.4 Å². The van der Waals surface area contributed by atoms with Crippen LogP contribution < -0.4 is 15.8 Å². The Morgan fingerprint density at radius 1 is 1.24 bits per heavy atom. The summed E-state index contributed by atoms with van der Waals surface area (Å²) in [5.41, 5.74) is 4.16. The largest absolute Gasteiger partial charge is 0.481 e. The van der Waals surface area contributed by atoms with Crippen LogP contribution in [0.2, 0.25) is 0 Å². The summed E-state index contributed by atoms with van der Waals surface area (Å²) >= 11 is 0. The maximum absolute atomic E-state index is 12.5. The number of nitrogens with one attached hydrogen (secondary N) is 2. The lowest BCUT2D eigenvalue weighted by Crippen LogP contribution is -2.39. The molecule has 10 nitrogen and oxygen atoms in total. The minimum atomic E-state index is -0.502. The van der Waals surface area contributed by atoms with Gasteiger partial charge in [0.1, 0.15) is 11.6 Å². The zero-order valence-electron chi connectivity index (χ0n) is 18.7. The van der Waals surface area contributed by atoms with Crippen LogP contribution in [0, 0.1) is 0 Å². The molecule has 34 heavy (non-hydrogen) atoms. The molecular weight excluding hydrogens is 438 g/mol. The number of anilines is 1. The van der Waals surface area contributed by atoms with Gasteiger partial charge in [-0.05, 0) is 49.1 Å². The second-order valence-corrected chi connectivity index (χ2v) is 8.25. The van der Waals surface area contributed by atoms with Gasteiger partial charge in [0.15, 0.2) is 5.58 Å². The number of oxazole rings is 1. The number of likely N-dealkylation sites (tertiary alicyclic amines) is 1. The molecule has 3 aromatic heterocycles. The molecule has 0 saturated carbocycles. The first-order valence-corrected chi connectivity index (χ1v) is 11.2. The van der Waals surface area contributed by atoms with Gasteiger partial charge in [0, 0.05) is 31.9 Å². The van der Waals surface area contributed by atoms with Crippen LogP contribution >= 0.6 is 0 Å². The Bertz CT molecular complexity index is 1370. The minimum Gasteiger partial charge on any atom is -0.481 e. The summed E-state index contributed by atoms with van der Waals surface area (Å²) in [6, 6.07) is 11.0. The molecule has 0 radical (unpaired) electrons. The van der Waals surface area contributed by atoms with Crippen LogP contribution in [-0.4, -0.2) is 58.8 Å². The van der Waals surface area contributed by atoms with E-state index in [1.807, 2.05) is 18.2 Å². The highest BCUT2D eigenvalue weighted by atomic mass is 16.6. The number of aromatic nitrogens is 3. The Hall–Kier alpha value is -3.92. The Kier molecular flexibility index (Phi) is 6.13. The number of hydrogen-bond donors (Lipinski definition) is 2. The topological polar surface area (TPSA) is 123 Å². The average Bonchev–Trinajstić information content (AvgIpc) is 3.23. The van der Waals surface area contributed by atoms with Crippen molar-refractivity contribution in [3.63, 3.8) is 0 Å². The molecule has 0 spiro atoms. The quantitative estimate of drug-likeness (QED) is 0.446. The predicted octanol–water partition coefficient (Wildman–Crippen LogP) is 3.33. The summed E-state index contributed by atoms with van der Waals surface area (Å²) in [6.07, 6.45) is 3.37. The Labute approximate surface area is 194 Å². The smallest absolute Gasteiger partial charge is 0.417 e. The summed E-state index contributed by atoms with van der Waals surface area (Å²) in [5.74, 6) is 0.00799. The van der Waals surface area contributed by atoms with Gasteiger partial charge in [0.2, 0.25) is 5.88 Å². The number of H-pyrrole nitrogens is 1. The van der Waals surface area contributed by atoms with Gasteiger partial charge in [-0.25, -0.2) is 14.6 Å². The number of carbonyl (C=O) groups excluding carboxylic acids is 1. The fraction of sp³-hybridized carbons (Fsp3) is 0.333. The van der Waals surface area contributed by atoms with Gasteiger partial charge < -0.3 is 18.8 Å². The standard InChI is InChI=1S/C24H25N5O5/c1-32-21-5-3-17-22(28-21)18(6-10-25-17)26-23(30)33-16-8-12-29(13-9-16)11-7-15-2-4-20-19(14-15)27-24(31)34-20/h2-6,10,14,16H,7-9,11-13H2,1H3,(H,27,31)(H,25,26,30). The van der Waals surface area contributed by atoms with Crippen molar-refractivity contribution in [3.05, 3.63) is 58.7 Å². The number of methoxy groups -OCH3 is 1. The second kappa shape index (κ2) is 9.52. The first-order chi connectivity index (χ1) is 16.6. The van der Waals surface area contributed by atoms with Gasteiger partial charge in [-0.15, -0.1) is 0 Å². The molecule has 1 saturated heterocycles. The van der Waals surface area contributed by atoms with E-state index in [2.05, 4.69) is 25.2 Å². The number of amides is 1. The van der Waals surface area contributed by atoms with E-state index in [0.717, 1.165) is 50.0 Å². The van der Waals surface area contributed by atoms with Crippen LogP contribution in [0.25, 0.3) is 22.1 Å². The molecule has 1 amide bonds. The molecule has 0 aliphatic carbocycles. The number of pyridine rings is 2. The first-order valence-electron chi connectivity index (χ1n) is 11.2. The lowest BCUT2D eigenvalue weighted by atomic mass is 10.1. The van der Waals surface area contributed by atoms with Crippen molar-refractivity contribution in [1.82, 2.24) is 19.9 Å². The fourth-order valence-corrected chi connectivity index (χ4v) is 4.21. The number of piperidine rings is 1. The van der Waals surface area contributed by atoms with Gasteiger partial charge in [0.05, 0.1) is 23.8 Å². The number of aromatic amines is 1. The van der Waals surface area contributed by atoms with Gasteiger partial charge in [0.25, 0.3) is 0 Å². The zero-order chi connectivity index (χ0) is 23.5. The highest BCUT2D eigenvalue weighted by Crippen LogP contribution is 2.23. The molecule has 2 N–H and O–H groups in total. The molecule has 4 heterocycles. The lowest BCUT2D eigenvalue weighted by molar-refractivity contribution is 0.0593. The first kappa shape index (κ1) is 21.9. The molecule has 10 heteroatoms. The van der Waals surface area contributed by atoms with Gasteiger partial charge in [-0.1, -0.05) is 6.07 Å². The monoisotopic (exact) mass is 463 g/mol. The van der Waals surface area contributed by atoms with Crippen LogP contribution in [0.5, 0.6) is 5.88 Å². The molecular formula is C24H25N5O5. The summed E-state index contributed by atoms with van der Waals surface area (Å²) in [4.78, 5) is 37.5. The Balaban J connectivity index is 1.11. The van der Waals surface area contributed by atoms with Crippen LogP contribution in [0.3, 0.4) is 0 Å². The summed E-state index contributed by atoms with van der Waals surface area (Å²) in [5, 5.41) is 2.79. The second-order valence-electron chi connectivity index (χ2n) is 8.25. The molecule has 1 aromatic carbocycles. The number of carbonyl (C=O) groups is 1. The molecule has 1 fully saturated rings. The van der Waals surface area contributed by atoms with Crippen LogP contribution in [0.4, 0.5) is 10.5 Å². The number of hydrogen-bond acceptors (Lipinski definition) is 8. The van der Waals surface area contributed by atoms with E-state index >= 15 is 0 Å². The molecule has 0 unspecified atom stereocenters. The number of benzene rings is 1. The molecule has 4 aromatic rings. The third-order valence-electron chi connectivity index (χ3n) is 6.01. The van der Waals surface area contributed by atoms with Crippen molar-refractivity contribution in [1.29, 1.82) is 0 Å². The minimum absolute atomic E-state index is 0.140. The van der Waals surface area contributed by atoms with Gasteiger partial charge in [-0.2, -0.15) is 0 Å². The van der Waals surface area contributed by atoms with E-state index in [1.54, 1.807) is 31.5 Å². The molecule has 0 atom stereocenters. The molecule has 5 rings (SSSR count).